The molecule has 0 atom stereocenters. The zero-order valence-electron chi connectivity index (χ0n) is 18.6. The molecule has 178 valence electrons. The highest BCUT2D eigenvalue weighted by molar-refractivity contribution is 7.99. The molecule has 0 bridgehead atoms. The molecular weight excluding hydrogens is 460 g/mol. The van der Waals surface area contributed by atoms with E-state index in [0.29, 0.717) is 50.8 Å². The van der Waals surface area contributed by atoms with Gasteiger partial charge in [0.2, 0.25) is 15.9 Å². The highest BCUT2D eigenvalue weighted by atomic mass is 32.2. The number of hydrogen-bond acceptors (Lipinski definition) is 7. The van der Waals surface area contributed by atoms with Crippen LogP contribution in [0.5, 0.6) is 0 Å². The number of pyridine rings is 1. The zero-order valence-corrected chi connectivity index (χ0v) is 20.2. The molecule has 10 heteroatoms. The summed E-state index contributed by atoms with van der Waals surface area (Å²) in [4.78, 5) is 19.2. The summed E-state index contributed by atoms with van der Waals surface area (Å²) in [5, 5.41) is 2.97. The first-order valence-corrected chi connectivity index (χ1v) is 13.9. The monoisotopic (exact) mass is 490 g/mol. The third-order valence-electron chi connectivity index (χ3n) is 5.77. The molecule has 0 spiro atoms. The number of sulfonamides is 1. The van der Waals surface area contributed by atoms with Gasteiger partial charge >= 0.3 is 0 Å². The Bertz CT molecular complexity index is 1040. The number of piperidine rings is 1. The van der Waals surface area contributed by atoms with Crippen molar-refractivity contribution in [3.63, 3.8) is 0 Å². The lowest BCUT2D eigenvalue weighted by Gasteiger charge is -2.31. The third kappa shape index (κ3) is 6.26. The quantitative estimate of drug-likeness (QED) is 0.608. The maximum absolute atomic E-state index is 13.2. The molecule has 1 aromatic heterocycles. The van der Waals surface area contributed by atoms with Crippen molar-refractivity contribution >= 4 is 39.1 Å². The summed E-state index contributed by atoms with van der Waals surface area (Å²) in [7, 11) is -3.59. The molecule has 33 heavy (non-hydrogen) atoms. The summed E-state index contributed by atoms with van der Waals surface area (Å²) in [5.74, 6) is 0.785. The van der Waals surface area contributed by atoms with Crippen molar-refractivity contribution in [3.8, 4) is 0 Å². The number of aromatic nitrogens is 1. The largest absolute Gasteiger partial charge is 0.378 e. The second-order valence-electron chi connectivity index (χ2n) is 8.15. The van der Waals surface area contributed by atoms with Crippen molar-refractivity contribution < 1.29 is 17.9 Å². The number of amides is 1. The van der Waals surface area contributed by atoms with E-state index in [0.717, 1.165) is 30.5 Å². The lowest BCUT2D eigenvalue weighted by atomic mass is 10.2. The van der Waals surface area contributed by atoms with E-state index in [-0.39, 0.29) is 16.6 Å². The Kier molecular flexibility index (Phi) is 8.24. The number of carbonyl (C=O) groups is 1. The fraction of sp³-hybridized carbons (Fsp3) is 0.478. The smallest absolute Gasteiger partial charge is 0.243 e. The van der Waals surface area contributed by atoms with Crippen molar-refractivity contribution in [2.75, 3.05) is 55.4 Å². The third-order valence-corrected chi connectivity index (χ3v) is 8.67. The van der Waals surface area contributed by atoms with Crippen LogP contribution in [-0.2, 0) is 25.3 Å². The molecule has 2 aliphatic rings. The van der Waals surface area contributed by atoms with Gasteiger partial charge in [0.25, 0.3) is 0 Å². The van der Waals surface area contributed by atoms with Crippen LogP contribution in [0.2, 0.25) is 0 Å². The number of carbonyl (C=O) groups excluding carboxylic acids is 1. The summed E-state index contributed by atoms with van der Waals surface area (Å²) in [6.45, 7) is 3.67. The van der Waals surface area contributed by atoms with Gasteiger partial charge in [-0.2, -0.15) is 4.31 Å². The van der Waals surface area contributed by atoms with Crippen molar-refractivity contribution in [3.05, 3.63) is 48.3 Å². The Labute approximate surface area is 199 Å². The van der Waals surface area contributed by atoms with Crippen LogP contribution in [0.25, 0.3) is 0 Å². The average molecular weight is 491 g/mol. The second kappa shape index (κ2) is 11.3. The number of rotatable bonds is 8. The van der Waals surface area contributed by atoms with E-state index in [1.165, 1.54) is 11.8 Å². The Morgan fingerprint density at radius 2 is 1.88 bits per heavy atom. The fourth-order valence-corrected chi connectivity index (χ4v) is 6.35. The highest BCUT2D eigenvalue weighted by Crippen LogP contribution is 2.32. The molecule has 0 unspecified atom stereocenters. The van der Waals surface area contributed by atoms with Gasteiger partial charge in [0.05, 0.1) is 35.2 Å². The minimum absolute atomic E-state index is 0.161. The molecule has 2 aromatic rings. The topological polar surface area (TPSA) is 91.8 Å². The molecule has 0 aliphatic carbocycles. The van der Waals surface area contributed by atoms with E-state index >= 15 is 0 Å². The molecule has 1 aromatic carbocycles. The molecule has 0 radical (unpaired) electrons. The van der Waals surface area contributed by atoms with E-state index in [1.54, 1.807) is 34.9 Å². The molecule has 0 saturated carbocycles. The summed E-state index contributed by atoms with van der Waals surface area (Å²) in [6.07, 6.45) is 6.32. The van der Waals surface area contributed by atoms with Gasteiger partial charge in [0, 0.05) is 44.3 Å². The van der Waals surface area contributed by atoms with Crippen molar-refractivity contribution in [2.24, 2.45) is 0 Å². The van der Waals surface area contributed by atoms with Crippen LogP contribution < -0.4 is 10.2 Å². The van der Waals surface area contributed by atoms with Crippen molar-refractivity contribution in [1.82, 2.24) is 9.29 Å². The Morgan fingerprint density at radius 3 is 2.61 bits per heavy atom. The SMILES string of the molecule is O=C(CSCc1cccnc1)Nc1cc(S(=O)(=O)N2CCCCC2)ccc1N1CCOCC1. The maximum Gasteiger partial charge on any atom is 0.243 e. The molecule has 2 fully saturated rings. The molecule has 8 nitrogen and oxygen atoms in total. The van der Waals surface area contributed by atoms with Gasteiger partial charge in [-0.05, 0) is 42.7 Å². The van der Waals surface area contributed by atoms with Crippen molar-refractivity contribution in [1.29, 1.82) is 0 Å². The van der Waals surface area contributed by atoms with E-state index in [4.69, 9.17) is 4.74 Å². The lowest BCUT2D eigenvalue weighted by Crippen LogP contribution is -2.37. The fourth-order valence-electron chi connectivity index (χ4n) is 4.04. The maximum atomic E-state index is 13.2. The van der Waals surface area contributed by atoms with E-state index in [9.17, 15) is 13.2 Å². The first-order chi connectivity index (χ1) is 16.0. The molecule has 4 rings (SSSR count). The molecule has 2 saturated heterocycles. The minimum Gasteiger partial charge on any atom is -0.378 e. The summed E-state index contributed by atoms with van der Waals surface area (Å²) < 4.78 is 33.4. The molecule has 2 aliphatic heterocycles. The molecule has 1 N–H and O–H groups in total. The number of thioether (sulfide) groups is 1. The normalized spacial score (nSPS) is 17.6. The van der Waals surface area contributed by atoms with Crippen LogP contribution in [-0.4, -0.2) is 68.8 Å². The van der Waals surface area contributed by atoms with Crippen LogP contribution in [0.3, 0.4) is 0 Å². The standard InChI is InChI=1S/C23H30N4O4S2/c28-23(18-32-17-19-5-4-8-24-16-19)25-21-15-20(33(29,30)27-9-2-1-3-10-27)6-7-22(21)26-11-13-31-14-12-26/h4-8,15-16H,1-3,9-14,17-18H2,(H,25,28). The van der Waals surface area contributed by atoms with Gasteiger partial charge in [-0.25, -0.2) is 8.42 Å². The zero-order chi connectivity index (χ0) is 23.1. The van der Waals surface area contributed by atoms with Crippen LogP contribution in [0.1, 0.15) is 24.8 Å². The van der Waals surface area contributed by atoms with E-state index in [1.807, 2.05) is 12.1 Å². The van der Waals surface area contributed by atoms with Crippen LogP contribution in [0, 0.1) is 0 Å². The average Bonchev–Trinajstić information content (AvgIpc) is 2.86. The minimum atomic E-state index is -3.59. The predicted molar refractivity (Wildman–Crippen MR) is 131 cm³/mol. The first kappa shape index (κ1) is 24.0. The van der Waals surface area contributed by atoms with Crippen LogP contribution >= 0.6 is 11.8 Å². The van der Waals surface area contributed by atoms with Gasteiger partial charge in [-0.1, -0.05) is 12.5 Å². The van der Waals surface area contributed by atoms with Crippen LogP contribution in [0.15, 0.2) is 47.6 Å². The van der Waals surface area contributed by atoms with Gasteiger partial charge in [0.1, 0.15) is 0 Å². The lowest BCUT2D eigenvalue weighted by molar-refractivity contribution is -0.113. The van der Waals surface area contributed by atoms with E-state index in [2.05, 4.69) is 15.2 Å². The number of hydrogen-bond donors (Lipinski definition) is 1. The first-order valence-electron chi connectivity index (χ1n) is 11.3. The predicted octanol–water partition coefficient (Wildman–Crippen LogP) is 2.96. The molecule has 1 amide bonds. The Balaban J connectivity index is 1.51. The number of nitrogens with one attached hydrogen (secondary N) is 1. The summed E-state index contributed by atoms with van der Waals surface area (Å²) >= 11 is 1.50. The summed E-state index contributed by atoms with van der Waals surface area (Å²) in [5.41, 5.74) is 2.40. The van der Waals surface area contributed by atoms with Gasteiger partial charge in [-0.15, -0.1) is 11.8 Å². The highest BCUT2D eigenvalue weighted by Gasteiger charge is 2.27. The number of benzene rings is 1. The Morgan fingerprint density at radius 1 is 1.09 bits per heavy atom. The Hall–Kier alpha value is -2.14. The number of morpholine rings is 1. The van der Waals surface area contributed by atoms with Crippen LogP contribution in [0.4, 0.5) is 11.4 Å². The second-order valence-corrected chi connectivity index (χ2v) is 11.1. The van der Waals surface area contributed by atoms with Gasteiger partial charge in [-0.3, -0.25) is 9.78 Å². The number of anilines is 2. The number of nitrogens with zero attached hydrogens (tertiary/aromatic N) is 3. The van der Waals surface area contributed by atoms with Gasteiger partial charge < -0.3 is 15.0 Å². The van der Waals surface area contributed by atoms with Crippen molar-refractivity contribution in [2.45, 2.75) is 29.9 Å². The molecule has 3 heterocycles. The number of ether oxygens (including phenoxy) is 1. The van der Waals surface area contributed by atoms with E-state index < -0.39 is 10.0 Å². The van der Waals surface area contributed by atoms with Gasteiger partial charge in [0.15, 0.2) is 0 Å². The molecular formula is C23H30N4O4S2. The summed E-state index contributed by atoms with van der Waals surface area (Å²) in [6, 6.07) is 8.92.